The number of hydrogen-bond acceptors (Lipinski definition) is 9. The van der Waals surface area contributed by atoms with Crippen LogP contribution in [0.25, 0.3) is 0 Å². The van der Waals surface area contributed by atoms with Crippen LogP contribution < -0.4 is 16.0 Å². The van der Waals surface area contributed by atoms with Crippen molar-refractivity contribution in [3.63, 3.8) is 0 Å². The Morgan fingerprint density at radius 2 is 1.49 bits per heavy atom. The van der Waals surface area contributed by atoms with Crippen molar-refractivity contribution in [2.75, 3.05) is 12.0 Å². The van der Waals surface area contributed by atoms with Gasteiger partial charge in [0.15, 0.2) is 0 Å². The summed E-state index contributed by atoms with van der Waals surface area (Å²) in [6, 6.07) is -3.65. The van der Waals surface area contributed by atoms with E-state index in [-0.39, 0.29) is 25.7 Å². The molecule has 0 saturated carbocycles. The highest BCUT2D eigenvalue weighted by molar-refractivity contribution is 7.98. The first-order valence-electron chi connectivity index (χ1n) is 12.5. The van der Waals surface area contributed by atoms with Crippen molar-refractivity contribution in [2.24, 2.45) is 0 Å². The molecule has 0 aliphatic rings. The van der Waals surface area contributed by atoms with E-state index in [2.05, 4.69) is 25.9 Å². The molecule has 1 rings (SSSR count). The number of carboxylic acids is 1. The summed E-state index contributed by atoms with van der Waals surface area (Å²) in [7, 11) is 0. The molecule has 0 bridgehead atoms. The third-order valence-corrected chi connectivity index (χ3v) is 5.55. The van der Waals surface area contributed by atoms with Crippen LogP contribution in [0.15, 0.2) is 12.5 Å². The number of carbonyl (C=O) groups excluding carboxylic acids is 4. The number of alkyl carbamates (subject to hydrolysis) is 1. The number of carboxylic acid groups (broad SMARTS) is 1. The molecule has 3 atom stereocenters. The number of esters is 1. The Labute approximate surface area is 232 Å². The van der Waals surface area contributed by atoms with Crippen molar-refractivity contribution < 1.29 is 38.6 Å². The zero-order valence-electron chi connectivity index (χ0n) is 23.6. The maximum absolute atomic E-state index is 13.2. The van der Waals surface area contributed by atoms with Gasteiger partial charge in [-0.05, 0) is 66.4 Å². The highest BCUT2D eigenvalue weighted by Crippen LogP contribution is 2.12. The summed E-state index contributed by atoms with van der Waals surface area (Å²) >= 11 is 1.46. The maximum atomic E-state index is 13.2. The Bertz CT molecular complexity index is 972. The molecule has 13 nitrogen and oxygen atoms in total. The molecule has 14 heteroatoms. The fraction of sp³-hybridized carbons (Fsp3) is 0.680. The van der Waals surface area contributed by atoms with Crippen molar-refractivity contribution in [1.29, 1.82) is 0 Å². The van der Waals surface area contributed by atoms with Crippen molar-refractivity contribution in [1.82, 2.24) is 25.9 Å². The molecule has 39 heavy (non-hydrogen) atoms. The summed E-state index contributed by atoms with van der Waals surface area (Å²) in [5, 5.41) is 17.1. The van der Waals surface area contributed by atoms with Gasteiger partial charge in [0.1, 0.15) is 29.3 Å². The molecular weight excluding hydrogens is 530 g/mol. The Hall–Kier alpha value is -3.29. The smallest absolute Gasteiger partial charge is 0.408 e. The number of thioether (sulfide) groups is 1. The monoisotopic (exact) mass is 571 g/mol. The lowest BCUT2D eigenvalue weighted by atomic mass is 10.1. The fourth-order valence-corrected chi connectivity index (χ4v) is 3.71. The number of nitrogens with zero attached hydrogens (tertiary/aromatic N) is 1. The van der Waals surface area contributed by atoms with Crippen LogP contribution in [0.2, 0.25) is 0 Å². The molecule has 0 aliphatic carbocycles. The number of nitrogens with one attached hydrogen (secondary N) is 4. The van der Waals surface area contributed by atoms with Gasteiger partial charge >= 0.3 is 18.0 Å². The van der Waals surface area contributed by atoms with Gasteiger partial charge in [-0.15, -0.1) is 0 Å². The average molecular weight is 572 g/mol. The Kier molecular flexibility index (Phi) is 13.3. The maximum Gasteiger partial charge on any atom is 0.408 e. The SMILES string of the molecule is CSCC[C@@H](NC(=O)OC(C)(C)C)C(=O)N[C@@H](CCC(=O)OC(C)(C)C)C(=O)N[C@@H](Cc1cnc[nH]1)C(=O)O. The second-order valence-corrected chi connectivity index (χ2v) is 11.8. The van der Waals surface area contributed by atoms with Crippen LogP contribution in [-0.2, 0) is 35.1 Å². The molecule has 0 spiro atoms. The van der Waals surface area contributed by atoms with Crippen molar-refractivity contribution in [3.05, 3.63) is 18.2 Å². The first kappa shape index (κ1) is 33.7. The molecule has 0 saturated heterocycles. The van der Waals surface area contributed by atoms with Gasteiger partial charge in [-0.25, -0.2) is 14.6 Å². The summed E-state index contributed by atoms with van der Waals surface area (Å²) in [5.74, 6) is -2.85. The number of hydrogen-bond donors (Lipinski definition) is 5. The Morgan fingerprint density at radius 1 is 0.923 bits per heavy atom. The van der Waals surface area contributed by atoms with Crippen LogP contribution in [0.5, 0.6) is 0 Å². The first-order chi connectivity index (χ1) is 18.0. The summed E-state index contributed by atoms with van der Waals surface area (Å²) in [5.41, 5.74) is -1.06. The van der Waals surface area contributed by atoms with E-state index in [1.54, 1.807) is 41.5 Å². The molecule has 0 fully saturated rings. The minimum absolute atomic E-state index is 0.0790. The lowest BCUT2D eigenvalue weighted by molar-refractivity contribution is -0.155. The van der Waals surface area contributed by atoms with Gasteiger partial charge in [0.2, 0.25) is 11.8 Å². The van der Waals surface area contributed by atoms with Crippen LogP contribution in [0.1, 0.15) is 66.5 Å². The predicted molar refractivity (Wildman–Crippen MR) is 145 cm³/mol. The number of aliphatic carboxylic acids is 1. The highest BCUT2D eigenvalue weighted by atomic mass is 32.2. The van der Waals surface area contributed by atoms with Gasteiger partial charge < -0.3 is 35.5 Å². The van der Waals surface area contributed by atoms with E-state index < -0.39 is 59.2 Å². The minimum atomic E-state index is -1.33. The number of H-pyrrole nitrogens is 1. The van der Waals surface area contributed by atoms with Crippen LogP contribution in [0, 0.1) is 0 Å². The topological polar surface area (TPSA) is 189 Å². The molecular formula is C25H41N5O8S. The molecule has 3 amide bonds. The van der Waals surface area contributed by atoms with E-state index in [4.69, 9.17) is 9.47 Å². The second-order valence-electron chi connectivity index (χ2n) is 10.8. The molecule has 1 heterocycles. The van der Waals surface area contributed by atoms with Gasteiger partial charge in [-0.2, -0.15) is 11.8 Å². The highest BCUT2D eigenvalue weighted by Gasteiger charge is 2.31. The third-order valence-electron chi connectivity index (χ3n) is 4.90. The van der Waals surface area contributed by atoms with Gasteiger partial charge in [0.25, 0.3) is 0 Å². The number of aromatic nitrogens is 2. The summed E-state index contributed by atoms with van der Waals surface area (Å²) in [6.07, 6.45) is 3.63. The van der Waals surface area contributed by atoms with Crippen LogP contribution >= 0.6 is 11.8 Å². The largest absolute Gasteiger partial charge is 0.480 e. The minimum Gasteiger partial charge on any atom is -0.480 e. The van der Waals surface area contributed by atoms with Crippen molar-refractivity contribution in [3.8, 4) is 0 Å². The van der Waals surface area contributed by atoms with Gasteiger partial charge in [-0.1, -0.05) is 0 Å². The van der Waals surface area contributed by atoms with Crippen molar-refractivity contribution >= 4 is 41.6 Å². The summed E-state index contributed by atoms with van der Waals surface area (Å²) < 4.78 is 10.6. The number of rotatable bonds is 14. The number of amides is 3. The lowest BCUT2D eigenvalue weighted by Gasteiger charge is -2.26. The molecule has 5 N–H and O–H groups in total. The van der Waals surface area contributed by atoms with E-state index in [1.165, 1.54) is 24.3 Å². The molecule has 220 valence electrons. The predicted octanol–water partition coefficient (Wildman–Crippen LogP) is 1.77. The van der Waals surface area contributed by atoms with E-state index in [0.29, 0.717) is 11.4 Å². The fourth-order valence-electron chi connectivity index (χ4n) is 3.24. The molecule has 1 aromatic rings. The molecule has 0 unspecified atom stereocenters. The zero-order chi connectivity index (χ0) is 29.8. The number of carbonyl (C=O) groups is 5. The van der Waals surface area contributed by atoms with E-state index in [0.717, 1.165) is 0 Å². The van der Waals surface area contributed by atoms with Crippen LogP contribution in [-0.4, -0.2) is 86.3 Å². The van der Waals surface area contributed by atoms with Crippen molar-refractivity contribution in [2.45, 2.75) is 96.6 Å². The van der Waals surface area contributed by atoms with Crippen LogP contribution in [0.4, 0.5) is 4.79 Å². The molecule has 0 aromatic carbocycles. The molecule has 0 radical (unpaired) electrons. The number of ether oxygens (including phenoxy) is 2. The lowest BCUT2D eigenvalue weighted by Crippen LogP contribution is -2.56. The third kappa shape index (κ3) is 14.4. The molecule has 1 aromatic heterocycles. The number of aromatic amines is 1. The van der Waals surface area contributed by atoms with Crippen LogP contribution in [0.3, 0.4) is 0 Å². The van der Waals surface area contributed by atoms with E-state index in [9.17, 15) is 29.1 Å². The Morgan fingerprint density at radius 3 is 1.97 bits per heavy atom. The number of imidazole rings is 1. The standard InChI is InChI=1S/C25H41N5O8S/c1-24(2,3)37-19(31)9-8-16(20(32)29-18(22(34)35)12-15-13-26-14-27-15)28-21(33)17(10-11-39-7)30-23(36)38-25(4,5)6/h13-14,16-18H,8-12H2,1-7H3,(H,26,27)(H,28,33)(H,29,32)(H,30,36)(H,34,35)/t16-,17+,18-/m0/s1. The van der Waals surface area contributed by atoms with E-state index >= 15 is 0 Å². The zero-order valence-corrected chi connectivity index (χ0v) is 24.4. The average Bonchev–Trinajstić information content (AvgIpc) is 3.29. The summed E-state index contributed by atoms with van der Waals surface area (Å²) in [6.45, 7) is 10.1. The second kappa shape index (κ2) is 15.3. The Balaban J connectivity index is 3.08. The molecule has 0 aliphatic heterocycles. The summed E-state index contributed by atoms with van der Waals surface area (Å²) in [4.78, 5) is 69.5. The van der Waals surface area contributed by atoms with Gasteiger partial charge in [0.05, 0.1) is 6.33 Å². The normalized spacial score (nSPS) is 13.9. The van der Waals surface area contributed by atoms with E-state index in [1.807, 2.05) is 6.26 Å². The quantitative estimate of drug-likeness (QED) is 0.206. The van der Waals surface area contributed by atoms with Gasteiger partial charge in [0, 0.05) is 24.7 Å². The first-order valence-corrected chi connectivity index (χ1v) is 13.9. The van der Waals surface area contributed by atoms with Gasteiger partial charge in [-0.3, -0.25) is 14.4 Å².